The Kier molecular flexibility index (Phi) is 5.06. The van der Waals surface area contributed by atoms with E-state index in [1.807, 2.05) is 29.3 Å². The predicted octanol–water partition coefficient (Wildman–Crippen LogP) is 0.755. The third-order valence-electron chi connectivity index (χ3n) is 4.69. The molecule has 0 N–H and O–H groups in total. The molecule has 1 saturated heterocycles. The maximum absolute atomic E-state index is 12.5. The van der Waals surface area contributed by atoms with Crippen LogP contribution >= 0.6 is 0 Å². The Balaban J connectivity index is 1.85. The van der Waals surface area contributed by atoms with Crippen LogP contribution in [-0.2, 0) is 9.53 Å². The molecule has 8 heteroatoms. The van der Waals surface area contributed by atoms with Crippen molar-refractivity contribution >= 4 is 11.6 Å². The van der Waals surface area contributed by atoms with E-state index in [0.29, 0.717) is 18.7 Å². The highest BCUT2D eigenvalue weighted by atomic mass is 16.5. The molecule has 1 aliphatic heterocycles. The summed E-state index contributed by atoms with van der Waals surface area (Å²) in [4.78, 5) is 20.6. The van der Waals surface area contributed by atoms with E-state index in [9.17, 15) is 4.79 Å². The van der Waals surface area contributed by atoms with Crippen LogP contribution in [0.5, 0.6) is 0 Å². The fourth-order valence-corrected chi connectivity index (χ4v) is 3.32. The lowest BCUT2D eigenvalue weighted by Gasteiger charge is -2.26. The molecule has 130 valence electrons. The fourth-order valence-electron chi connectivity index (χ4n) is 3.32. The van der Waals surface area contributed by atoms with E-state index in [1.54, 1.807) is 19.5 Å². The van der Waals surface area contributed by atoms with Gasteiger partial charge in [0.1, 0.15) is 0 Å². The SMILES string of the molecule is CCN(CC)C(=O)CN1C[C@H](OC)C[C@H]1c1nnc2cnccn12. The largest absolute Gasteiger partial charge is 0.380 e. The molecular weight excluding hydrogens is 308 g/mol. The van der Waals surface area contributed by atoms with Gasteiger partial charge in [-0.25, -0.2) is 0 Å². The molecule has 8 nitrogen and oxygen atoms in total. The number of ether oxygens (including phenoxy) is 1. The van der Waals surface area contributed by atoms with Crippen molar-refractivity contribution in [2.45, 2.75) is 32.4 Å². The van der Waals surface area contributed by atoms with Crippen LogP contribution in [0.3, 0.4) is 0 Å². The number of amides is 1. The van der Waals surface area contributed by atoms with Gasteiger partial charge in [0, 0.05) is 39.1 Å². The van der Waals surface area contributed by atoms with Gasteiger partial charge in [-0.15, -0.1) is 10.2 Å². The number of carbonyl (C=O) groups excluding carboxylic acids is 1. The highest BCUT2D eigenvalue weighted by Gasteiger charge is 2.37. The first kappa shape index (κ1) is 16.8. The van der Waals surface area contributed by atoms with E-state index in [1.165, 1.54) is 0 Å². The van der Waals surface area contributed by atoms with Gasteiger partial charge in [-0.2, -0.15) is 0 Å². The average Bonchev–Trinajstić information content (AvgIpc) is 3.19. The summed E-state index contributed by atoms with van der Waals surface area (Å²) in [5.41, 5.74) is 0.711. The maximum atomic E-state index is 12.5. The van der Waals surface area contributed by atoms with E-state index in [4.69, 9.17) is 4.74 Å². The molecule has 0 aliphatic carbocycles. The van der Waals surface area contributed by atoms with Crippen LogP contribution in [0.25, 0.3) is 5.65 Å². The third kappa shape index (κ3) is 3.11. The second-order valence-electron chi connectivity index (χ2n) is 5.97. The van der Waals surface area contributed by atoms with Crippen molar-refractivity contribution in [3.63, 3.8) is 0 Å². The monoisotopic (exact) mass is 332 g/mol. The molecule has 1 aliphatic rings. The number of hydrogen-bond donors (Lipinski definition) is 0. The zero-order valence-electron chi connectivity index (χ0n) is 14.4. The molecule has 1 fully saturated rings. The normalized spacial score (nSPS) is 21.5. The lowest BCUT2D eigenvalue weighted by Crippen LogP contribution is -2.40. The van der Waals surface area contributed by atoms with E-state index in [2.05, 4.69) is 20.1 Å². The lowest BCUT2D eigenvalue weighted by atomic mass is 10.2. The van der Waals surface area contributed by atoms with Crippen molar-refractivity contribution in [3.05, 3.63) is 24.4 Å². The van der Waals surface area contributed by atoms with E-state index in [-0.39, 0.29) is 18.1 Å². The second-order valence-corrected chi connectivity index (χ2v) is 5.97. The molecule has 0 bridgehead atoms. The summed E-state index contributed by atoms with van der Waals surface area (Å²) >= 11 is 0. The Morgan fingerprint density at radius 3 is 2.88 bits per heavy atom. The Morgan fingerprint density at radius 2 is 2.17 bits per heavy atom. The fraction of sp³-hybridized carbons (Fsp3) is 0.625. The molecule has 0 saturated carbocycles. The zero-order valence-corrected chi connectivity index (χ0v) is 14.4. The van der Waals surface area contributed by atoms with Crippen molar-refractivity contribution in [1.82, 2.24) is 29.4 Å². The summed E-state index contributed by atoms with van der Waals surface area (Å²) < 4.78 is 7.48. The minimum atomic E-state index is 0.00635. The number of methoxy groups -OCH3 is 1. The highest BCUT2D eigenvalue weighted by molar-refractivity contribution is 5.78. The summed E-state index contributed by atoms with van der Waals surface area (Å²) in [7, 11) is 1.71. The first-order chi connectivity index (χ1) is 11.7. The minimum Gasteiger partial charge on any atom is -0.380 e. The molecule has 2 aromatic rings. The quantitative estimate of drug-likeness (QED) is 0.777. The molecule has 0 aromatic carbocycles. The Labute approximate surface area is 141 Å². The van der Waals surface area contributed by atoms with Crippen LogP contribution < -0.4 is 0 Å². The predicted molar refractivity (Wildman–Crippen MR) is 88.4 cm³/mol. The topological polar surface area (TPSA) is 75.9 Å². The third-order valence-corrected chi connectivity index (χ3v) is 4.69. The highest BCUT2D eigenvalue weighted by Crippen LogP contribution is 2.32. The van der Waals surface area contributed by atoms with Gasteiger partial charge >= 0.3 is 0 Å². The maximum Gasteiger partial charge on any atom is 0.236 e. The van der Waals surface area contributed by atoms with Gasteiger partial charge in [0.15, 0.2) is 11.5 Å². The van der Waals surface area contributed by atoms with Gasteiger partial charge in [-0.3, -0.25) is 19.1 Å². The number of aromatic nitrogens is 4. The number of likely N-dealkylation sites (N-methyl/N-ethyl adjacent to an activating group) is 1. The van der Waals surface area contributed by atoms with Crippen molar-refractivity contribution in [2.24, 2.45) is 0 Å². The molecule has 3 rings (SSSR count). The first-order valence-electron chi connectivity index (χ1n) is 8.37. The van der Waals surface area contributed by atoms with Crippen LogP contribution in [-0.4, -0.2) is 74.7 Å². The lowest BCUT2D eigenvalue weighted by molar-refractivity contribution is -0.132. The van der Waals surface area contributed by atoms with E-state index < -0.39 is 0 Å². The van der Waals surface area contributed by atoms with Crippen LogP contribution in [0.2, 0.25) is 0 Å². The molecule has 0 spiro atoms. The molecular formula is C16H24N6O2. The molecule has 3 heterocycles. The molecule has 0 unspecified atom stereocenters. The van der Waals surface area contributed by atoms with E-state index >= 15 is 0 Å². The molecule has 2 atom stereocenters. The molecule has 24 heavy (non-hydrogen) atoms. The summed E-state index contributed by atoms with van der Waals surface area (Å²) in [5.74, 6) is 0.969. The standard InChI is InChI=1S/C16H24N6O2/c1-4-20(5-2)15(23)11-21-10-12(24-3)8-13(21)16-19-18-14-9-17-6-7-22(14)16/h6-7,9,12-13H,4-5,8,10-11H2,1-3H3/t12-,13+/m1/s1. The van der Waals surface area contributed by atoms with Gasteiger partial charge in [-0.1, -0.05) is 0 Å². The summed E-state index contributed by atoms with van der Waals surface area (Å²) in [6.07, 6.45) is 6.15. The van der Waals surface area contributed by atoms with Crippen molar-refractivity contribution in [2.75, 3.05) is 33.3 Å². The number of likely N-dealkylation sites (tertiary alicyclic amines) is 1. The number of hydrogen-bond acceptors (Lipinski definition) is 6. The second kappa shape index (κ2) is 7.23. The summed E-state index contributed by atoms with van der Waals surface area (Å²) in [5, 5.41) is 8.52. The number of carbonyl (C=O) groups is 1. The van der Waals surface area contributed by atoms with Crippen LogP contribution in [0.15, 0.2) is 18.6 Å². The van der Waals surface area contributed by atoms with Gasteiger partial charge < -0.3 is 9.64 Å². The number of nitrogens with zero attached hydrogens (tertiary/aromatic N) is 6. The first-order valence-corrected chi connectivity index (χ1v) is 8.37. The Bertz CT molecular complexity index is 699. The van der Waals surface area contributed by atoms with Gasteiger partial charge in [0.2, 0.25) is 5.91 Å². The Morgan fingerprint density at radius 1 is 1.38 bits per heavy atom. The Hall–Kier alpha value is -2.06. The zero-order chi connectivity index (χ0) is 17.1. The van der Waals surface area contributed by atoms with Crippen molar-refractivity contribution < 1.29 is 9.53 Å². The van der Waals surface area contributed by atoms with Crippen LogP contribution in [0.1, 0.15) is 32.1 Å². The van der Waals surface area contributed by atoms with Crippen LogP contribution in [0, 0.1) is 0 Å². The summed E-state index contributed by atoms with van der Waals surface area (Å²) in [6, 6.07) is 0.00635. The number of rotatable bonds is 6. The van der Waals surface area contributed by atoms with E-state index in [0.717, 1.165) is 25.3 Å². The molecule has 1 amide bonds. The van der Waals surface area contributed by atoms with Crippen LogP contribution in [0.4, 0.5) is 0 Å². The number of fused-ring (bicyclic) bond motifs is 1. The van der Waals surface area contributed by atoms with Gasteiger partial charge in [-0.05, 0) is 20.3 Å². The van der Waals surface area contributed by atoms with Gasteiger partial charge in [0.25, 0.3) is 0 Å². The molecule has 0 radical (unpaired) electrons. The smallest absolute Gasteiger partial charge is 0.236 e. The van der Waals surface area contributed by atoms with Gasteiger partial charge in [0.05, 0.1) is 24.9 Å². The average molecular weight is 332 g/mol. The minimum absolute atomic E-state index is 0.00635. The van der Waals surface area contributed by atoms with Crippen molar-refractivity contribution in [1.29, 1.82) is 0 Å². The van der Waals surface area contributed by atoms with Crippen molar-refractivity contribution in [3.8, 4) is 0 Å². The molecule has 2 aromatic heterocycles. The summed E-state index contributed by atoms with van der Waals surface area (Å²) in [6.45, 7) is 6.53.